The molecule has 0 aliphatic carbocycles. The van der Waals surface area contributed by atoms with Gasteiger partial charge in [0.2, 0.25) is 0 Å². The first-order valence-electron chi connectivity index (χ1n) is 8.04. The molecular formula is C20H23NO4. The fraction of sp³-hybridized carbons (Fsp3) is 0.300. The number of carboxylic acid groups (broad SMARTS) is 1. The molecule has 0 spiro atoms. The van der Waals surface area contributed by atoms with Crippen LogP contribution in [0.4, 0.5) is 5.69 Å². The number of hydrogen-bond donors (Lipinski definition) is 2. The molecule has 2 N–H and O–H groups in total. The topological polar surface area (TPSA) is 75.6 Å². The van der Waals surface area contributed by atoms with E-state index in [0.717, 1.165) is 5.56 Å². The summed E-state index contributed by atoms with van der Waals surface area (Å²) in [4.78, 5) is 23.1. The number of aryl methyl sites for hydroxylation is 1. The number of nitrogens with one attached hydrogen (secondary N) is 1. The SMILES string of the molecule is Cc1ccc(C(=O)O)cc1NC(=O)COc1ccc(C(C)(C)C)cc1. The quantitative estimate of drug-likeness (QED) is 0.861. The van der Waals surface area contributed by atoms with E-state index in [4.69, 9.17) is 9.84 Å². The third-order valence-electron chi connectivity index (χ3n) is 3.85. The van der Waals surface area contributed by atoms with Gasteiger partial charge < -0.3 is 15.2 Å². The van der Waals surface area contributed by atoms with E-state index in [2.05, 4.69) is 26.1 Å². The average molecular weight is 341 g/mol. The maximum atomic E-state index is 12.1. The van der Waals surface area contributed by atoms with Crippen LogP contribution in [0.1, 0.15) is 42.3 Å². The molecule has 2 rings (SSSR count). The van der Waals surface area contributed by atoms with E-state index in [1.807, 2.05) is 24.3 Å². The van der Waals surface area contributed by atoms with E-state index in [9.17, 15) is 9.59 Å². The molecular weight excluding hydrogens is 318 g/mol. The van der Waals surface area contributed by atoms with Gasteiger partial charge in [-0.3, -0.25) is 4.79 Å². The van der Waals surface area contributed by atoms with E-state index >= 15 is 0 Å². The van der Waals surface area contributed by atoms with Gasteiger partial charge in [0, 0.05) is 5.69 Å². The van der Waals surface area contributed by atoms with Crippen molar-refractivity contribution in [1.29, 1.82) is 0 Å². The van der Waals surface area contributed by atoms with Crippen LogP contribution in [-0.2, 0) is 10.2 Å². The number of carbonyl (C=O) groups is 2. The first-order valence-corrected chi connectivity index (χ1v) is 8.04. The lowest BCUT2D eigenvalue weighted by Gasteiger charge is -2.19. The fourth-order valence-corrected chi connectivity index (χ4v) is 2.28. The van der Waals surface area contributed by atoms with Gasteiger partial charge in [-0.1, -0.05) is 39.0 Å². The summed E-state index contributed by atoms with van der Waals surface area (Å²) in [6, 6.07) is 12.2. The summed E-state index contributed by atoms with van der Waals surface area (Å²) in [5.74, 6) is -0.768. The highest BCUT2D eigenvalue weighted by Gasteiger charge is 2.13. The van der Waals surface area contributed by atoms with Crippen molar-refractivity contribution < 1.29 is 19.4 Å². The second-order valence-corrected chi connectivity index (χ2v) is 6.95. The number of aromatic carboxylic acids is 1. The minimum atomic E-state index is -1.04. The first kappa shape index (κ1) is 18.5. The Morgan fingerprint density at radius 3 is 2.28 bits per heavy atom. The van der Waals surface area contributed by atoms with Crippen molar-refractivity contribution in [2.24, 2.45) is 0 Å². The highest BCUT2D eigenvalue weighted by atomic mass is 16.5. The third-order valence-corrected chi connectivity index (χ3v) is 3.85. The van der Waals surface area contributed by atoms with Gasteiger partial charge in [-0.05, 0) is 47.7 Å². The van der Waals surface area contributed by atoms with Crippen LogP contribution in [0.2, 0.25) is 0 Å². The Bertz CT molecular complexity index is 773. The maximum Gasteiger partial charge on any atom is 0.335 e. The molecule has 132 valence electrons. The van der Waals surface area contributed by atoms with Crippen LogP contribution < -0.4 is 10.1 Å². The molecule has 0 aliphatic rings. The van der Waals surface area contributed by atoms with Crippen LogP contribution >= 0.6 is 0 Å². The largest absolute Gasteiger partial charge is 0.484 e. The molecule has 0 saturated heterocycles. The van der Waals surface area contributed by atoms with Gasteiger partial charge in [-0.2, -0.15) is 0 Å². The Labute approximate surface area is 147 Å². The number of benzene rings is 2. The minimum Gasteiger partial charge on any atom is -0.484 e. The van der Waals surface area contributed by atoms with Crippen molar-refractivity contribution in [3.8, 4) is 5.75 Å². The van der Waals surface area contributed by atoms with E-state index in [-0.39, 0.29) is 23.5 Å². The Kier molecular flexibility index (Phi) is 5.47. The first-order chi connectivity index (χ1) is 11.7. The predicted octanol–water partition coefficient (Wildman–Crippen LogP) is 4.01. The summed E-state index contributed by atoms with van der Waals surface area (Å²) in [5.41, 5.74) is 2.62. The standard InChI is InChI=1S/C20H23NO4/c1-13-5-6-14(19(23)24)11-17(13)21-18(22)12-25-16-9-7-15(8-10-16)20(2,3)4/h5-11H,12H2,1-4H3,(H,21,22)(H,23,24). The van der Waals surface area contributed by atoms with Crippen molar-refractivity contribution in [1.82, 2.24) is 0 Å². The summed E-state index contributed by atoms with van der Waals surface area (Å²) in [5, 5.41) is 11.7. The number of carbonyl (C=O) groups excluding carboxylic acids is 1. The molecule has 0 saturated carbocycles. The Balaban J connectivity index is 1.97. The Morgan fingerprint density at radius 2 is 1.72 bits per heavy atom. The smallest absolute Gasteiger partial charge is 0.335 e. The molecule has 2 aromatic carbocycles. The number of anilines is 1. The molecule has 5 nitrogen and oxygen atoms in total. The van der Waals surface area contributed by atoms with Crippen molar-refractivity contribution in [2.75, 3.05) is 11.9 Å². The van der Waals surface area contributed by atoms with Gasteiger partial charge in [-0.15, -0.1) is 0 Å². The zero-order chi connectivity index (χ0) is 18.6. The number of amides is 1. The molecule has 0 aliphatic heterocycles. The van der Waals surface area contributed by atoms with Gasteiger partial charge in [0.15, 0.2) is 6.61 Å². The monoisotopic (exact) mass is 341 g/mol. The van der Waals surface area contributed by atoms with Gasteiger partial charge in [0.1, 0.15) is 5.75 Å². The van der Waals surface area contributed by atoms with Crippen molar-refractivity contribution in [3.63, 3.8) is 0 Å². The van der Waals surface area contributed by atoms with E-state index in [1.54, 1.807) is 13.0 Å². The summed E-state index contributed by atoms with van der Waals surface area (Å²) in [7, 11) is 0. The molecule has 0 heterocycles. The lowest BCUT2D eigenvalue weighted by atomic mass is 9.87. The number of hydrogen-bond acceptors (Lipinski definition) is 3. The molecule has 25 heavy (non-hydrogen) atoms. The van der Waals surface area contributed by atoms with Crippen LogP contribution in [0.25, 0.3) is 0 Å². The highest BCUT2D eigenvalue weighted by molar-refractivity contribution is 5.95. The summed E-state index contributed by atoms with van der Waals surface area (Å²) < 4.78 is 5.50. The van der Waals surface area contributed by atoms with Crippen LogP contribution in [-0.4, -0.2) is 23.6 Å². The van der Waals surface area contributed by atoms with E-state index < -0.39 is 5.97 Å². The van der Waals surface area contributed by atoms with Gasteiger partial charge in [0.05, 0.1) is 5.56 Å². The Morgan fingerprint density at radius 1 is 1.08 bits per heavy atom. The van der Waals surface area contributed by atoms with Crippen molar-refractivity contribution in [2.45, 2.75) is 33.1 Å². The Hall–Kier alpha value is -2.82. The average Bonchev–Trinajstić information content (AvgIpc) is 2.54. The highest BCUT2D eigenvalue weighted by Crippen LogP contribution is 2.24. The number of ether oxygens (including phenoxy) is 1. The molecule has 1 amide bonds. The zero-order valence-electron chi connectivity index (χ0n) is 14.9. The molecule has 0 unspecified atom stereocenters. The second kappa shape index (κ2) is 7.38. The van der Waals surface area contributed by atoms with Crippen LogP contribution in [0, 0.1) is 6.92 Å². The van der Waals surface area contributed by atoms with Crippen LogP contribution in [0.3, 0.4) is 0 Å². The normalized spacial score (nSPS) is 11.0. The molecule has 0 aromatic heterocycles. The van der Waals surface area contributed by atoms with Crippen molar-refractivity contribution in [3.05, 3.63) is 59.2 Å². The van der Waals surface area contributed by atoms with Gasteiger partial charge in [-0.25, -0.2) is 4.79 Å². The zero-order valence-corrected chi connectivity index (χ0v) is 14.9. The fourth-order valence-electron chi connectivity index (χ4n) is 2.28. The third kappa shape index (κ3) is 5.08. The van der Waals surface area contributed by atoms with Crippen LogP contribution in [0.5, 0.6) is 5.75 Å². The molecule has 0 fully saturated rings. The number of carboxylic acids is 1. The second-order valence-electron chi connectivity index (χ2n) is 6.95. The summed E-state index contributed by atoms with van der Waals surface area (Å²) >= 11 is 0. The number of rotatable bonds is 5. The van der Waals surface area contributed by atoms with E-state index in [1.165, 1.54) is 17.7 Å². The molecule has 0 radical (unpaired) electrons. The maximum absolute atomic E-state index is 12.1. The van der Waals surface area contributed by atoms with Gasteiger partial charge in [0.25, 0.3) is 5.91 Å². The predicted molar refractivity (Wildman–Crippen MR) is 97.4 cm³/mol. The summed E-state index contributed by atoms with van der Waals surface area (Å²) in [6.45, 7) is 8.04. The molecule has 5 heteroatoms. The van der Waals surface area contributed by atoms with Crippen molar-refractivity contribution >= 4 is 17.6 Å². The minimum absolute atomic E-state index is 0.0581. The molecule has 0 atom stereocenters. The lowest BCUT2D eigenvalue weighted by Crippen LogP contribution is -2.21. The van der Waals surface area contributed by atoms with Gasteiger partial charge >= 0.3 is 5.97 Å². The lowest BCUT2D eigenvalue weighted by molar-refractivity contribution is -0.118. The van der Waals surface area contributed by atoms with Crippen LogP contribution in [0.15, 0.2) is 42.5 Å². The molecule has 2 aromatic rings. The summed E-state index contributed by atoms with van der Waals surface area (Å²) in [6.07, 6.45) is 0. The van der Waals surface area contributed by atoms with E-state index in [0.29, 0.717) is 11.4 Å². The molecule has 0 bridgehead atoms.